The van der Waals surface area contributed by atoms with E-state index in [9.17, 15) is 0 Å². The molecule has 0 aromatic carbocycles. The molecule has 3 aromatic heterocycles. The summed E-state index contributed by atoms with van der Waals surface area (Å²) in [5, 5.41) is 8.49. The summed E-state index contributed by atoms with van der Waals surface area (Å²) in [4.78, 5) is 9.30. The van der Waals surface area contributed by atoms with Crippen LogP contribution in [0.25, 0.3) is 0 Å². The van der Waals surface area contributed by atoms with Gasteiger partial charge in [0.2, 0.25) is 11.8 Å². The van der Waals surface area contributed by atoms with E-state index in [-0.39, 0.29) is 28.6 Å². The monoisotopic (exact) mass is 456 g/mol. The maximum atomic E-state index is 6.29. The van der Waals surface area contributed by atoms with Crippen molar-refractivity contribution in [3.8, 4) is 0 Å². The molecule has 0 fully saturated rings. The van der Waals surface area contributed by atoms with Crippen LogP contribution in [0.1, 0.15) is 141 Å². The highest BCUT2D eigenvalue weighted by atomic mass is 16.4. The van der Waals surface area contributed by atoms with E-state index in [4.69, 9.17) is 13.3 Å². The molecule has 0 spiro atoms. The topological polar surface area (TPSA) is 91.0 Å². The van der Waals surface area contributed by atoms with Gasteiger partial charge >= 0.3 is 0 Å². The van der Waals surface area contributed by atoms with Crippen LogP contribution >= 0.6 is 0 Å². The van der Waals surface area contributed by atoms with Crippen molar-refractivity contribution in [2.75, 3.05) is 0 Å². The van der Waals surface area contributed by atoms with E-state index in [1.54, 1.807) is 6.26 Å². The molecule has 182 valence electrons. The molecule has 3 aromatic rings. The van der Waals surface area contributed by atoms with Crippen LogP contribution in [0.15, 0.2) is 25.7 Å². The average molecular weight is 457 g/mol. The number of hydrogen-bond acceptors (Lipinski definition) is 7. The van der Waals surface area contributed by atoms with Gasteiger partial charge in [-0.2, -0.15) is 0 Å². The van der Waals surface area contributed by atoms with Gasteiger partial charge in [-0.25, -0.2) is 9.97 Å². The highest BCUT2D eigenvalue weighted by molar-refractivity contribution is 5.13. The van der Waals surface area contributed by atoms with Gasteiger partial charge in [-0.15, -0.1) is 10.2 Å². The first-order valence-corrected chi connectivity index (χ1v) is 12.1. The summed E-state index contributed by atoms with van der Waals surface area (Å²) in [6, 6.07) is 0. The summed E-state index contributed by atoms with van der Waals surface area (Å²) in [5.41, 5.74) is 0.511. The lowest BCUT2D eigenvalue weighted by Crippen LogP contribution is -2.21. The third-order valence-corrected chi connectivity index (χ3v) is 6.31. The average Bonchev–Trinajstić information content (AvgIpc) is 3.47. The van der Waals surface area contributed by atoms with Gasteiger partial charge in [0.15, 0.2) is 11.8 Å². The van der Waals surface area contributed by atoms with Gasteiger partial charge < -0.3 is 13.3 Å². The van der Waals surface area contributed by atoms with E-state index >= 15 is 0 Å². The highest BCUT2D eigenvalue weighted by Gasteiger charge is 2.34. The van der Waals surface area contributed by atoms with Crippen LogP contribution in [-0.4, -0.2) is 20.2 Å². The molecule has 0 saturated heterocycles. The molecule has 0 bridgehead atoms. The second-order valence-corrected chi connectivity index (χ2v) is 11.4. The summed E-state index contributed by atoms with van der Waals surface area (Å²) in [7, 11) is 0. The van der Waals surface area contributed by atoms with Crippen molar-refractivity contribution in [3.63, 3.8) is 0 Å². The third kappa shape index (κ3) is 5.74. The van der Waals surface area contributed by atoms with E-state index in [0.717, 1.165) is 36.1 Å². The number of nitrogens with zero attached hydrogens (tertiary/aromatic N) is 4. The fraction of sp³-hybridized carbons (Fsp3) is 0.692. The Morgan fingerprint density at radius 3 is 1.97 bits per heavy atom. The Hall–Kier alpha value is -2.44. The molecule has 0 aliphatic rings. The minimum atomic E-state index is -0.280. The summed E-state index contributed by atoms with van der Waals surface area (Å²) in [6.07, 6.45) is 5.27. The number of hydrogen-bond donors (Lipinski definition) is 0. The number of oxazole rings is 2. The van der Waals surface area contributed by atoms with Crippen molar-refractivity contribution in [2.45, 2.75) is 117 Å². The van der Waals surface area contributed by atoms with Gasteiger partial charge in [-0.05, 0) is 18.8 Å². The zero-order valence-corrected chi connectivity index (χ0v) is 21.9. The number of aromatic nitrogens is 4. The standard InChI is InChI=1S/C26H40N4O3/c1-15(2)19-14-31-23(28-19)18(6)11-25(7,8)20-13-27-22(32-20)17(5)12-26(9,10)24-30-29-21(33-24)16(3)4/h13-18H,11-12H2,1-10H3. The van der Waals surface area contributed by atoms with Crippen molar-refractivity contribution < 1.29 is 13.3 Å². The molecule has 7 nitrogen and oxygen atoms in total. The molecule has 2 atom stereocenters. The number of rotatable bonds is 10. The molecule has 2 unspecified atom stereocenters. The third-order valence-electron chi connectivity index (χ3n) is 6.31. The van der Waals surface area contributed by atoms with E-state index in [2.05, 4.69) is 89.4 Å². The van der Waals surface area contributed by atoms with Crippen molar-refractivity contribution in [1.29, 1.82) is 0 Å². The van der Waals surface area contributed by atoms with Crippen molar-refractivity contribution in [3.05, 3.63) is 47.5 Å². The maximum absolute atomic E-state index is 6.29. The van der Waals surface area contributed by atoms with E-state index < -0.39 is 0 Å². The van der Waals surface area contributed by atoms with Crippen molar-refractivity contribution in [1.82, 2.24) is 20.2 Å². The SMILES string of the molecule is CC(C)c1coc(C(C)CC(C)(C)c2cnc(C(C)CC(C)(C)c3nnc(C(C)C)o3)o2)n1. The molecular weight excluding hydrogens is 416 g/mol. The van der Waals surface area contributed by atoms with Gasteiger partial charge in [0, 0.05) is 28.6 Å². The molecule has 3 heterocycles. The van der Waals surface area contributed by atoms with Crippen LogP contribution < -0.4 is 0 Å². The van der Waals surface area contributed by atoms with E-state index in [0.29, 0.717) is 17.7 Å². The van der Waals surface area contributed by atoms with Crippen LogP contribution in [0.4, 0.5) is 0 Å². The molecule has 3 rings (SSSR count). The molecule has 0 aliphatic carbocycles. The lowest BCUT2D eigenvalue weighted by atomic mass is 9.81. The van der Waals surface area contributed by atoms with Gasteiger partial charge in [0.1, 0.15) is 12.0 Å². The Kier molecular flexibility index (Phi) is 7.20. The molecule has 0 aliphatic heterocycles. The Morgan fingerprint density at radius 1 is 0.758 bits per heavy atom. The van der Waals surface area contributed by atoms with Crippen LogP contribution in [0.2, 0.25) is 0 Å². The molecule has 0 radical (unpaired) electrons. The van der Waals surface area contributed by atoms with Crippen molar-refractivity contribution >= 4 is 0 Å². The lowest BCUT2D eigenvalue weighted by molar-refractivity contribution is 0.282. The minimum absolute atomic E-state index is 0.108. The van der Waals surface area contributed by atoms with Gasteiger partial charge in [0.25, 0.3) is 0 Å². The zero-order valence-electron chi connectivity index (χ0n) is 21.9. The van der Waals surface area contributed by atoms with Gasteiger partial charge in [0.05, 0.1) is 11.9 Å². The predicted molar refractivity (Wildman–Crippen MR) is 128 cm³/mol. The van der Waals surface area contributed by atoms with Crippen LogP contribution in [0, 0.1) is 0 Å². The maximum Gasteiger partial charge on any atom is 0.222 e. The molecule has 0 amide bonds. The fourth-order valence-corrected chi connectivity index (χ4v) is 4.26. The Labute approximate surface area is 197 Å². The molecule has 0 N–H and O–H groups in total. The van der Waals surface area contributed by atoms with Crippen molar-refractivity contribution in [2.24, 2.45) is 0 Å². The smallest absolute Gasteiger partial charge is 0.222 e. The van der Waals surface area contributed by atoms with E-state index in [1.807, 2.05) is 6.20 Å². The molecule has 33 heavy (non-hydrogen) atoms. The van der Waals surface area contributed by atoms with Gasteiger partial charge in [-0.1, -0.05) is 69.2 Å². The van der Waals surface area contributed by atoms with Crippen LogP contribution in [0.3, 0.4) is 0 Å². The Balaban J connectivity index is 1.68. The normalized spacial score (nSPS) is 14.9. The predicted octanol–water partition coefficient (Wildman–Crippen LogP) is 7.24. The summed E-state index contributed by atoms with van der Waals surface area (Å²) >= 11 is 0. The first-order valence-electron chi connectivity index (χ1n) is 12.1. The van der Waals surface area contributed by atoms with Gasteiger partial charge in [-0.3, -0.25) is 0 Å². The summed E-state index contributed by atoms with van der Waals surface area (Å²) in [5.74, 6) is 4.58. The lowest BCUT2D eigenvalue weighted by Gasteiger charge is -2.25. The Bertz CT molecular complexity index is 1040. The molecule has 7 heteroatoms. The second kappa shape index (κ2) is 9.43. The summed E-state index contributed by atoms with van der Waals surface area (Å²) in [6.45, 7) is 21.2. The molecule has 0 saturated carbocycles. The first kappa shape index (κ1) is 25.2. The quantitative estimate of drug-likeness (QED) is 0.317. The fourth-order valence-electron chi connectivity index (χ4n) is 4.26. The minimum Gasteiger partial charge on any atom is -0.448 e. The van der Waals surface area contributed by atoms with E-state index in [1.165, 1.54) is 0 Å². The Morgan fingerprint density at radius 2 is 1.39 bits per heavy atom. The van der Waals surface area contributed by atoms with Crippen LogP contribution in [-0.2, 0) is 10.8 Å². The molecular formula is C26H40N4O3. The van der Waals surface area contributed by atoms with Crippen LogP contribution in [0.5, 0.6) is 0 Å². The largest absolute Gasteiger partial charge is 0.448 e. The second-order valence-electron chi connectivity index (χ2n) is 11.4. The zero-order chi connectivity index (χ0) is 24.6. The summed E-state index contributed by atoms with van der Waals surface area (Å²) < 4.78 is 18.0. The first-order chi connectivity index (χ1) is 15.3. The highest BCUT2D eigenvalue weighted by Crippen LogP contribution is 2.38.